The average Bonchev–Trinajstić information content (AvgIpc) is 3.12. The Kier molecular flexibility index (Phi) is 4.48. The van der Waals surface area contributed by atoms with Crippen molar-refractivity contribution in [3.05, 3.63) is 59.0 Å². The Labute approximate surface area is 139 Å². The van der Waals surface area contributed by atoms with E-state index in [1.54, 1.807) is 17.0 Å². The van der Waals surface area contributed by atoms with Gasteiger partial charge >= 0.3 is 0 Å². The van der Waals surface area contributed by atoms with E-state index in [-0.39, 0.29) is 5.91 Å². The highest BCUT2D eigenvalue weighted by molar-refractivity contribution is 6.31. The third kappa shape index (κ3) is 3.81. The van der Waals surface area contributed by atoms with Crippen LogP contribution in [0, 0.1) is 0 Å². The second-order valence-corrected chi connectivity index (χ2v) is 5.76. The molecule has 118 valence electrons. The molecule has 0 atom stereocenters. The molecule has 0 aliphatic rings. The van der Waals surface area contributed by atoms with Crippen LogP contribution in [0.2, 0.25) is 5.02 Å². The van der Waals surface area contributed by atoms with Gasteiger partial charge in [-0.25, -0.2) is 0 Å². The molecule has 0 spiro atoms. The molecular weight excluding hydrogens is 312 g/mol. The number of fused-ring (bicyclic) bond motifs is 1. The third-order valence-corrected chi connectivity index (χ3v) is 3.81. The topological polar surface area (TPSA) is 62.7 Å². The minimum atomic E-state index is -0.119. The van der Waals surface area contributed by atoms with Crippen LogP contribution in [0.5, 0.6) is 0 Å². The summed E-state index contributed by atoms with van der Waals surface area (Å²) in [6.45, 7) is 0.565. The number of aryl methyl sites for hydroxylation is 1. The van der Waals surface area contributed by atoms with E-state index in [2.05, 4.69) is 15.4 Å². The van der Waals surface area contributed by atoms with E-state index < -0.39 is 0 Å². The second-order valence-electron chi connectivity index (χ2n) is 5.33. The molecule has 0 aliphatic carbocycles. The van der Waals surface area contributed by atoms with Crippen LogP contribution in [-0.2, 0) is 18.3 Å². The summed E-state index contributed by atoms with van der Waals surface area (Å²) < 4.78 is 1.69. The van der Waals surface area contributed by atoms with Crippen LogP contribution in [0.1, 0.15) is 11.1 Å². The first-order valence-electron chi connectivity index (χ1n) is 7.32. The standard InChI is InChI=1S/C17H17ClN4O/c1-22-11-12(9-21-22)2-5-17(23)19-7-6-13-10-20-16-4-3-14(18)8-15(13)16/h2-5,8-11,20H,6-7H2,1H3,(H,19,23). The molecule has 3 aromatic rings. The number of nitrogens with zero attached hydrogens (tertiary/aromatic N) is 2. The molecule has 2 heterocycles. The number of carbonyl (C=O) groups excluding carboxylic acids is 1. The third-order valence-electron chi connectivity index (χ3n) is 3.58. The normalized spacial score (nSPS) is 11.4. The van der Waals surface area contributed by atoms with E-state index in [0.29, 0.717) is 11.6 Å². The molecule has 0 fully saturated rings. The first kappa shape index (κ1) is 15.4. The maximum atomic E-state index is 11.8. The molecule has 1 aromatic carbocycles. The first-order chi connectivity index (χ1) is 11.1. The van der Waals surface area contributed by atoms with Crippen LogP contribution in [0.3, 0.4) is 0 Å². The van der Waals surface area contributed by atoms with Crippen LogP contribution in [0.4, 0.5) is 0 Å². The first-order valence-corrected chi connectivity index (χ1v) is 7.70. The van der Waals surface area contributed by atoms with Gasteiger partial charge < -0.3 is 10.3 Å². The summed E-state index contributed by atoms with van der Waals surface area (Å²) in [4.78, 5) is 15.0. The van der Waals surface area contributed by atoms with Gasteiger partial charge in [0.2, 0.25) is 5.91 Å². The highest BCUT2D eigenvalue weighted by Gasteiger charge is 2.04. The van der Waals surface area contributed by atoms with E-state index in [9.17, 15) is 4.79 Å². The number of hydrogen-bond donors (Lipinski definition) is 2. The quantitative estimate of drug-likeness (QED) is 0.707. The van der Waals surface area contributed by atoms with Crippen molar-refractivity contribution in [2.24, 2.45) is 7.05 Å². The summed E-state index contributed by atoms with van der Waals surface area (Å²) in [7, 11) is 1.84. The number of H-pyrrole nitrogens is 1. The van der Waals surface area contributed by atoms with Crippen molar-refractivity contribution >= 4 is 34.5 Å². The Bertz CT molecular complexity index is 862. The van der Waals surface area contributed by atoms with Crippen molar-refractivity contribution in [2.75, 3.05) is 6.54 Å². The maximum Gasteiger partial charge on any atom is 0.244 e. The van der Waals surface area contributed by atoms with Gasteiger partial charge in [0.15, 0.2) is 0 Å². The van der Waals surface area contributed by atoms with E-state index in [1.165, 1.54) is 6.08 Å². The van der Waals surface area contributed by atoms with Crippen LogP contribution < -0.4 is 5.32 Å². The largest absolute Gasteiger partial charge is 0.361 e. The number of benzene rings is 1. The molecule has 5 nitrogen and oxygen atoms in total. The molecule has 2 N–H and O–H groups in total. The molecule has 0 saturated carbocycles. The molecule has 0 unspecified atom stereocenters. The van der Waals surface area contributed by atoms with E-state index in [4.69, 9.17) is 11.6 Å². The van der Waals surface area contributed by atoms with Crippen LogP contribution >= 0.6 is 11.6 Å². The lowest BCUT2D eigenvalue weighted by molar-refractivity contribution is -0.116. The SMILES string of the molecule is Cn1cc(C=CC(=O)NCCc2c[nH]c3ccc(Cl)cc23)cn1. The number of halogens is 1. The number of aromatic nitrogens is 3. The predicted octanol–water partition coefficient (Wildman–Crippen LogP) is 2.93. The number of nitrogens with one attached hydrogen (secondary N) is 2. The zero-order valence-corrected chi connectivity index (χ0v) is 13.5. The van der Waals surface area contributed by atoms with Gasteiger partial charge in [-0.15, -0.1) is 0 Å². The second kappa shape index (κ2) is 6.71. The summed E-state index contributed by atoms with van der Waals surface area (Å²) >= 11 is 6.03. The molecule has 0 aliphatic heterocycles. The van der Waals surface area contributed by atoms with Gasteiger partial charge in [-0.1, -0.05) is 11.6 Å². The van der Waals surface area contributed by atoms with Crippen molar-refractivity contribution in [3.8, 4) is 0 Å². The maximum absolute atomic E-state index is 11.8. The fraction of sp³-hybridized carbons (Fsp3) is 0.176. The molecule has 0 saturated heterocycles. The molecule has 23 heavy (non-hydrogen) atoms. The highest BCUT2D eigenvalue weighted by atomic mass is 35.5. The van der Waals surface area contributed by atoms with Gasteiger partial charge in [0.1, 0.15) is 0 Å². The fourth-order valence-electron chi connectivity index (χ4n) is 2.43. The van der Waals surface area contributed by atoms with Gasteiger partial charge in [-0.2, -0.15) is 5.10 Å². The van der Waals surface area contributed by atoms with Crippen molar-refractivity contribution in [1.29, 1.82) is 0 Å². The van der Waals surface area contributed by atoms with Gasteiger partial charge in [0, 0.05) is 53.6 Å². The van der Waals surface area contributed by atoms with Crippen molar-refractivity contribution in [3.63, 3.8) is 0 Å². The zero-order chi connectivity index (χ0) is 16.2. The van der Waals surface area contributed by atoms with Crippen molar-refractivity contribution < 1.29 is 4.79 Å². The summed E-state index contributed by atoms with van der Waals surface area (Å²) in [6, 6.07) is 5.75. The number of aromatic amines is 1. The minimum absolute atomic E-state index is 0.119. The summed E-state index contributed by atoms with van der Waals surface area (Å²) in [5.74, 6) is -0.119. The zero-order valence-electron chi connectivity index (χ0n) is 12.7. The lowest BCUT2D eigenvalue weighted by Gasteiger charge is -2.02. The Morgan fingerprint density at radius 3 is 3.13 bits per heavy atom. The number of rotatable bonds is 5. The minimum Gasteiger partial charge on any atom is -0.361 e. The molecular formula is C17H17ClN4O. The Morgan fingerprint density at radius 1 is 1.48 bits per heavy atom. The molecule has 1 amide bonds. The number of amides is 1. The Morgan fingerprint density at radius 2 is 2.35 bits per heavy atom. The van der Waals surface area contributed by atoms with E-state index in [0.717, 1.165) is 28.5 Å². The van der Waals surface area contributed by atoms with Crippen LogP contribution in [-0.4, -0.2) is 27.2 Å². The van der Waals surface area contributed by atoms with Gasteiger partial charge in [-0.3, -0.25) is 9.48 Å². The Balaban J connectivity index is 1.55. The van der Waals surface area contributed by atoms with E-state index >= 15 is 0 Å². The lowest BCUT2D eigenvalue weighted by atomic mass is 10.1. The van der Waals surface area contributed by atoms with Gasteiger partial charge in [-0.05, 0) is 36.3 Å². The van der Waals surface area contributed by atoms with Gasteiger partial charge in [0.25, 0.3) is 0 Å². The summed E-state index contributed by atoms with van der Waals surface area (Å²) in [5, 5.41) is 8.73. The smallest absolute Gasteiger partial charge is 0.244 e. The summed E-state index contributed by atoms with van der Waals surface area (Å²) in [6.07, 6.45) is 9.52. The predicted molar refractivity (Wildman–Crippen MR) is 92.3 cm³/mol. The van der Waals surface area contributed by atoms with E-state index in [1.807, 2.05) is 37.6 Å². The molecule has 3 rings (SSSR count). The monoisotopic (exact) mass is 328 g/mol. The summed E-state index contributed by atoms with van der Waals surface area (Å²) in [5.41, 5.74) is 3.08. The highest BCUT2D eigenvalue weighted by Crippen LogP contribution is 2.22. The van der Waals surface area contributed by atoms with Gasteiger partial charge in [0.05, 0.1) is 6.20 Å². The fourth-order valence-corrected chi connectivity index (χ4v) is 2.61. The molecule has 6 heteroatoms. The van der Waals surface area contributed by atoms with Crippen LogP contribution in [0.15, 0.2) is 42.9 Å². The van der Waals surface area contributed by atoms with Crippen molar-refractivity contribution in [2.45, 2.75) is 6.42 Å². The Hall–Kier alpha value is -2.53. The number of carbonyl (C=O) groups is 1. The average molecular weight is 329 g/mol. The molecule has 2 aromatic heterocycles. The van der Waals surface area contributed by atoms with Crippen LogP contribution in [0.25, 0.3) is 17.0 Å². The van der Waals surface area contributed by atoms with Crippen molar-refractivity contribution in [1.82, 2.24) is 20.1 Å². The molecule has 0 radical (unpaired) electrons. The molecule has 0 bridgehead atoms. The lowest BCUT2D eigenvalue weighted by Crippen LogP contribution is -2.23. The number of hydrogen-bond acceptors (Lipinski definition) is 2.